The zero-order valence-electron chi connectivity index (χ0n) is 20.6. The molecule has 1 fully saturated rings. The number of nitrogens with one attached hydrogen (secondary N) is 2. The Bertz CT molecular complexity index is 778. The van der Waals surface area contributed by atoms with Crippen LogP contribution in [0.4, 0.5) is 0 Å². The molecule has 0 radical (unpaired) electrons. The first-order valence-corrected chi connectivity index (χ1v) is 13.3. The number of nitrogens with zero attached hydrogens (tertiary/aromatic N) is 1. The van der Waals surface area contributed by atoms with Crippen LogP contribution in [0.2, 0.25) is 0 Å². The Morgan fingerprint density at radius 2 is 1.78 bits per heavy atom. The van der Waals surface area contributed by atoms with Crippen molar-refractivity contribution in [3.05, 3.63) is 0 Å². The van der Waals surface area contributed by atoms with Gasteiger partial charge in [0.1, 0.15) is 15.9 Å². The first-order chi connectivity index (χ1) is 14.6. The molecule has 1 aliphatic rings. The van der Waals surface area contributed by atoms with Gasteiger partial charge in [-0.25, -0.2) is 8.42 Å². The third kappa shape index (κ3) is 8.69. The predicted octanol–water partition coefficient (Wildman–Crippen LogP) is 0.536. The predicted molar refractivity (Wildman–Crippen MR) is 125 cm³/mol. The molecule has 0 saturated carbocycles. The van der Waals surface area contributed by atoms with Crippen molar-refractivity contribution in [1.29, 1.82) is 0 Å². The van der Waals surface area contributed by atoms with E-state index in [1.165, 1.54) is 6.26 Å². The van der Waals surface area contributed by atoms with Crippen LogP contribution in [0.15, 0.2) is 0 Å². The average Bonchev–Trinajstić information content (AvgIpc) is 3.15. The summed E-state index contributed by atoms with van der Waals surface area (Å²) in [6.07, 6.45) is 2.50. The Morgan fingerprint density at radius 3 is 2.25 bits per heavy atom. The van der Waals surface area contributed by atoms with Crippen molar-refractivity contribution in [2.45, 2.75) is 66.0 Å². The Hall–Kier alpha value is -1.68. The maximum atomic E-state index is 13.4. The summed E-state index contributed by atoms with van der Waals surface area (Å²) in [5.41, 5.74) is 4.82. The fourth-order valence-corrected chi connectivity index (χ4v) is 5.49. The van der Waals surface area contributed by atoms with E-state index in [2.05, 4.69) is 10.6 Å². The quantitative estimate of drug-likeness (QED) is 0.399. The van der Waals surface area contributed by atoms with Crippen LogP contribution in [-0.2, 0) is 24.2 Å². The fraction of sp³-hybridized carbons (Fsp3) is 0.864. The molecule has 10 heteroatoms. The van der Waals surface area contributed by atoms with Gasteiger partial charge in [0.2, 0.25) is 17.7 Å². The average molecular weight is 475 g/mol. The number of hydrogen-bond donors (Lipinski definition) is 3. The summed E-state index contributed by atoms with van der Waals surface area (Å²) in [7, 11) is -1.53. The third-order valence-electron chi connectivity index (χ3n) is 6.53. The van der Waals surface area contributed by atoms with Gasteiger partial charge in [-0.15, -0.1) is 0 Å². The number of carbonyl (C=O) groups excluding carboxylic acids is 3. The zero-order chi connectivity index (χ0) is 24.9. The number of likely N-dealkylation sites (N-methyl/N-ethyl adjacent to an activating group) is 1. The van der Waals surface area contributed by atoms with E-state index in [-0.39, 0.29) is 41.7 Å². The molecule has 0 aromatic heterocycles. The second-order valence-corrected chi connectivity index (χ2v) is 12.6. The van der Waals surface area contributed by atoms with E-state index in [4.69, 9.17) is 5.73 Å². The highest BCUT2D eigenvalue weighted by Crippen LogP contribution is 2.33. The van der Waals surface area contributed by atoms with E-state index in [1.54, 1.807) is 18.9 Å². The SMILES string of the molecule is CNC(C)C(=O)NC(C(=O)N1CCC(C(C)C(CCC(N)=O)CS(C)(=O)=O)C1)C(C)(C)C. The summed E-state index contributed by atoms with van der Waals surface area (Å²) in [5.74, 6) is -0.884. The van der Waals surface area contributed by atoms with Crippen molar-refractivity contribution >= 4 is 27.6 Å². The number of hydrogen-bond acceptors (Lipinski definition) is 6. The van der Waals surface area contributed by atoms with Gasteiger partial charge >= 0.3 is 0 Å². The van der Waals surface area contributed by atoms with Gasteiger partial charge in [-0.1, -0.05) is 27.7 Å². The van der Waals surface area contributed by atoms with Crippen molar-refractivity contribution in [2.24, 2.45) is 28.9 Å². The van der Waals surface area contributed by atoms with Crippen molar-refractivity contribution in [1.82, 2.24) is 15.5 Å². The summed E-state index contributed by atoms with van der Waals surface area (Å²) in [5, 5.41) is 5.78. The number of likely N-dealkylation sites (tertiary alicyclic amines) is 1. The molecule has 1 heterocycles. The highest BCUT2D eigenvalue weighted by Gasteiger charge is 2.40. The molecule has 5 atom stereocenters. The largest absolute Gasteiger partial charge is 0.370 e. The summed E-state index contributed by atoms with van der Waals surface area (Å²) < 4.78 is 23.9. The molecule has 9 nitrogen and oxygen atoms in total. The molecule has 4 N–H and O–H groups in total. The molecule has 32 heavy (non-hydrogen) atoms. The number of sulfone groups is 1. The first kappa shape index (κ1) is 28.4. The van der Waals surface area contributed by atoms with Crippen LogP contribution in [0.3, 0.4) is 0 Å². The van der Waals surface area contributed by atoms with Crippen LogP contribution in [0, 0.1) is 23.2 Å². The molecule has 186 valence electrons. The van der Waals surface area contributed by atoms with E-state index in [1.807, 2.05) is 27.7 Å². The van der Waals surface area contributed by atoms with Gasteiger partial charge in [0.15, 0.2) is 0 Å². The molecule has 1 aliphatic heterocycles. The lowest BCUT2D eigenvalue weighted by Crippen LogP contribution is -2.57. The van der Waals surface area contributed by atoms with E-state index in [0.29, 0.717) is 19.5 Å². The molecule has 0 aliphatic carbocycles. The van der Waals surface area contributed by atoms with Gasteiger partial charge in [0.25, 0.3) is 0 Å². The van der Waals surface area contributed by atoms with E-state index in [9.17, 15) is 22.8 Å². The second kappa shape index (κ2) is 11.4. The molecule has 1 saturated heterocycles. The Balaban J connectivity index is 2.94. The number of carbonyl (C=O) groups is 3. The van der Waals surface area contributed by atoms with Crippen LogP contribution < -0.4 is 16.4 Å². The smallest absolute Gasteiger partial charge is 0.245 e. The molecule has 0 spiro atoms. The minimum absolute atomic E-state index is 0.00548. The van der Waals surface area contributed by atoms with Gasteiger partial charge in [-0.05, 0) is 50.0 Å². The number of nitrogens with two attached hydrogens (primary N) is 1. The van der Waals surface area contributed by atoms with E-state index in [0.717, 1.165) is 6.42 Å². The molecule has 5 unspecified atom stereocenters. The topological polar surface area (TPSA) is 139 Å². The van der Waals surface area contributed by atoms with Gasteiger partial charge in [0, 0.05) is 25.8 Å². The van der Waals surface area contributed by atoms with Crippen molar-refractivity contribution < 1.29 is 22.8 Å². The number of rotatable bonds is 11. The van der Waals surface area contributed by atoms with Crippen LogP contribution in [-0.4, -0.2) is 75.3 Å². The minimum atomic E-state index is -3.22. The summed E-state index contributed by atoms with van der Waals surface area (Å²) in [4.78, 5) is 38.8. The monoisotopic (exact) mass is 474 g/mol. The van der Waals surface area contributed by atoms with E-state index >= 15 is 0 Å². The Kier molecular flexibility index (Phi) is 10.1. The van der Waals surface area contributed by atoms with Gasteiger partial charge in [0.05, 0.1) is 11.8 Å². The van der Waals surface area contributed by atoms with Gasteiger partial charge in [-0.3, -0.25) is 14.4 Å². The summed E-state index contributed by atoms with van der Waals surface area (Å²) in [6.45, 7) is 10.5. The molecule has 0 aromatic carbocycles. The summed E-state index contributed by atoms with van der Waals surface area (Å²) in [6, 6.07) is -1.08. The highest BCUT2D eigenvalue weighted by atomic mass is 32.2. The molecular formula is C22H42N4O5S. The van der Waals surface area contributed by atoms with Crippen molar-refractivity contribution in [3.8, 4) is 0 Å². The molecule has 0 aromatic rings. The van der Waals surface area contributed by atoms with Gasteiger partial charge in [-0.2, -0.15) is 0 Å². The van der Waals surface area contributed by atoms with E-state index < -0.39 is 33.2 Å². The van der Waals surface area contributed by atoms with Gasteiger partial charge < -0.3 is 21.3 Å². The van der Waals surface area contributed by atoms with Crippen LogP contribution in [0.5, 0.6) is 0 Å². The molecule has 3 amide bonds. The Labute approximate surface area is 193 Å². The second-order valence-electron chi connectivity index (χ2n) is 10.4. The third-order valence-corrected chi connectivity index (χ3v) is 7.56. The number of primary amides is 1. The molecule has 1 rings (SSSR count). The van der Waals surface area contributed by atoms with Crippen LogP contribution >= 0.6 is 0 Å². The zero-order valence-corrected chi connectivity index (χ0v) is 21.4. The first-order valence-electron chi connectivity index (χ1n) is 11.3. The maximum Gasteiger partial charge on any atom is 0.245 e. The highest BCUT2D eigenvalue weighted by molar-refractivity contribution is 7.90. The molecule has 0 bridgehead atoms. The standard InChI is InChI=1S/C22H42N4O5S/c1-14(17(8-9-18(23)27)13-32(7,30)31)16-10-11-26(12-16)21(29)19(22(3,4)5)25-20(28)15(2)24-6/h14-17,19,24H,8-13H2,1-7H3,(H2,23,27)(H,25,28). The van der Waals surface area contributed by atoms with Crippen molar-refractivity contribution in [2.75, 3.05) is 32.1 Å². The maximum absolute atomic E-state index is 13.4. The molecular weight excluding hydrogens is 432 g/mol. The van der Waals surface area contributed by atoms with Crippen LogP contribution in [0.1, 0.15) is 53.9 Å². The Morgan fingerprint density at radius 1 is 1.19 bits per heavy atom. The normalized spacial score (nSPS) is 21.0. The van der Waals surface area contributed by atoms with Crippen LogP contribution in [0.25, 0.3) is 0 Å². The van der Waals surface area contributed by atoms with Crippen molar-refractivity contribution in [3.63, 3.8) is 0 Å². The fourth-order valence-electron chi connectivity index (χ4n) is 4.25. The lowest BCUT2D eigenvalue weighted by atomic mass is 9.81. The lowest BCUT2D eigenvalue weighted by Gasteiger charge is -2.34. The minimum Gasteiger partial charge on any atom is -0.370 e. The summed E-state index contributed by atoms with van der Waals surface area (Å²) >= 11 is 0. The number of amides is 3. The lowest BCUT2D eigenvalue weighted by molar-refractivity contribution is -0.139.